The zero-order valence-electron chi connectivity index (χ0n) is 11.2. The van der Waals surface area contributed by atoms with Crippen LogP contribution in [0.25, 0.3) is 22.1 Å². The number of aromatic amines is 2. The lowest BCUT2D eigenvalue weighted by atomic mass is 10.3. The Morgan fingerprint density at radius 3 is 2.14 bits per heavy atom. The molecule has 0 saturated carbocycles. The van der Waals surface area contributed by atoms with Crippen LogP contribution in [0.1, 0.15) is 16.5 Å². The normalized spacial score (nSPS) is 13.0. The van der Waals surface area contributed by atoms with Gasteiger partial charge in [-0.3, -0.25) is 0 Å². The number of nitrogens with one attached hydrogen (secondary N) is 2. The molecule has 0 saturated heterocycles. The Bertz CT molecular complexity index is 843. The molecule has 5 heteroatoms. The smallest absolute Gasteiger partial charge is 0.121 e. The Morgan fingerprint density at radius 1 is 0.857 bits per heavy atom. The van der Waals surface area contributed by atoms with Crippen molar-refractivity contribution in [2.45, 2.75) is 11.2 Å². The first-order valence-electron chi connectivity index (χ1n) is 6.82. The average Bonchev–Trinajstić information content (AvgIpc) is 3.10. The molecular weight excluding hydrogens is 328 g/mol. The van der Waals surface area contributed by atoms with Crippen molar-refractivity contribution in [3.05, 3.63) is 60.2 Å². The molecule has 4 rings (SSSR count). The number of hydrogen-bond acceptors (Lipinski definition) is 2. The van der Waals surface area contributed by atoms with Gasteiger partial charge in [0.2, 0.25) is 0 Å². The summed E-state index contributed by atoms with van der Waals surface area (Å²) in [7, 11) is 0. The third-order valence-corrected chi connectivity index (χ3v) is 4.27. The zero-order chi connectivity index (χ0) is 14.2. The van der Waals surface area contributed by atoms with Gasteiger partial charge in [-0.1, -0.05) is 40.2 Å². The fourth-order valence-electron chi connectivity index (χ4n) is 2.49. The highest BCUT2D eigenvalue weighted by Crippen LogP contribution is 2.26. The molecule has 0 radical (unpaired) electrons. The Kier molecular flexibility index (Phi) is 3.00. The second-order valence-electron chi connectivity index (χ2n) is 5.01. The fraction of sp³-hybridized carbons (Fsp3) is 0.125. The number of aromatic nitrogens is 4. The maximum atomic E-state index is 4.62. The van der Waals surface area contributed by atoms with E-state index in [1.54, 1.807) is 0 Å². The van der Waals surface area contributed by atoms with Gasteiger partial charge in [-0.2, -0.15) is 0 Å². The van der Waals surface area contributed by atoms with Crippen molar-refractivity contribution in [2.24, 2.45) is 0 Å². The highest BCUT2D eigenvalue weighted by atomic mass is 79.9. The van der Waals surface area contributed by atoms with Crippen molar-refractivity contribution >= 4 is 38.0 Å². The van der Waals surface area contributed by atoms with Gasteiger partial charge in [0.15, 0.2) is 0 Å². The van der Waals surface area contributed by atoms with Gasteiger partial charge in [-0.25, -0.2) is 9.97 Å². The van der Waals surface area contributed by atoms with Crippen LogP contribution in [-0.2, 0) is 6.42 Å². The lowest BCUT2D eigenvalue weighted by molar-refractivity contribution is 0.835. The van der Waals surface area contributed by atoms with Crippen LogP contribution in [0.3, 0.4) is 0 Å². The number of benzene rings is 2. The minimum Gasteiger partial charge on any atom is -0.342 e. The summed E-state index contributed by atoms with van der Waals surface area (Å²) in [6.45, 7) is 0. The first-order valence-corrected chi connectivity index (χ1v) is 7.73. The molecular formula is C16H13BrN4. The zero-order valence-corrected chi connectivity index (χ0v) is 12.8. The second-order valence-corrected chi connectivity index (χ2v) is 6.12. The third kappa shape index (κ3) is 2.34. The molecule has 2 aromatic carbocycles. The monoisotopic (exact) mass is 340 g/mol. The summed E-state index contributed by atoms with van der Waals surface area (Å²) in [5.41, 5.74) is 4.11. The number of para-hydroxylation sites is 4. The van der Waals surface area contributed by atoms with Gasteiger partial charge in [-0.05, 0) is 24.3 Å². The van der Waals surface area contributed by atoms with E-state index in [4.69, 9.17) is 0 Å². The highest BCUT2D eigenvalue weighted by molar-refractivity contribution is 9.09. The van der Waals surface area contributed by atoms with Crippen LogP contribution in [0.5, 0.6) is 0 Å². The van der Waals surface area contributed by atoms with Crippen molar-refractivity contribution in [2.75, 3.05) is 0 Å². The molecule has 4 nitrogen and oxygen atoms in total. The van der Waals surface area contributed by atoms with E-state index in [0.717, 1.165) is 40.1 Å². The molecule has 0 bridgehead atoms. The number of alkyl halides is 1. The van der Waals surface area contributed by atoms with Crippen molar-refractivity contribution in [1.29, 1.82) is 0 Å². The molecule has 1 atom stereocenters. The Labute approximate surface area is 129 Å². The number of halogens is 1. The minimum atomic E-state index is 0.102. The van der Waals surface area contributed by atoms with Crippen molar-refractivity contribution < 1.29 is 0 Å². The number of imidazole rings is 2. The molecule has 2 N–H and O–H groups in total. The molecule has 0 aliphatic heterocycles. The third-order valence-electron chi connectivity index (χ3n) is 3.52. The molecule has 2 heterocycles. The molecule has 0 amide bonds. The highest BCUT2D eigenvalue weighted by Gasteiger charge is 2.15. The molecule has 0 fully saturated rings. The predicted octanol–water partition coefficient (Wildman–Crippen LogP) is 4.12. The summed E-state index contributed by atoms with van der Waals surface area (Å²) < 4.78 is 0. The summed E-state index contributed by atoms with van der Waals surface area (Å²) in [4.78, 5) is 16.0. The molecule has 21 heavy (non-hydrogen) atoms. The summed E-state index contributed by atoms with van der Waals surface area (Å²) in [5, 5.41) is 0. The standard InChI is InChI=1S/C16H13BrN4/c17-10(16-20-13-7-3-4-8-14(13)21-16)9-15-18-11-5-1-2-6-12(11)19-15/h1-8,10H,9H2,(H,18,19)(H,20,21). The lowest BCUT2D eigenvalue weighted by Gasteiger charge is -2.03. The molecule has 0 spiro atoms. The van der Waals surface area contributed by atoms with Crippen LogP contribution in [-0.4, -0.2) is 19.9 Å². The SMILES string of the molecule is BrC(Cc1nc2ccccc2[nH]1)c1nc2ccccc2[nH]1. The quantitative estimate of drug-likeness (QED) is 0.551. The van der Waals surface area contributed by atoms with E-state index in [2.05, 4.69) is 35.9 Å². The number of fused-ring (bicyclic) bond motifs is 2. The maximum Gasteiger partial charge on any atom is 0.121 e. The van der Waals surface area contributed by atoms with Crippen molar-refractivity contribution in [3.8, 4) is 0 Å². The summed E-state index contributed by atoms with van der Waals surface area (Å²) >= 11 is 3.70. The van der Waals surface area contributed by atoms with Crippen LogP contribution < -0.4 is 0 Å². The fourth-order valence-corrected chi connectivity index (χ4v) is 3.01. The van der Waals surface area contributed by atoms with E-state index in [1.807, 2.05) is 48.5 Å². The van der Waals surface area contributed by atoms with Gasteiger partial charge >= 0.3 is 0 Å². The molecule has 1 unspecified atom stereocenters. The molecule has 0 aliphatic carbocycles. The Hall–Kier alpha value is -2.14. The summed E-state index contributed by atoms with van der Waals surface area (Å²) in [6.07, 6.45) is 0.758. The van der Waals surface area contributed by atoms with Gasteiger partial charge in [0.1, 0.15) is 11.6 Å². The van der Waals surface area contributed by atoms with Crippen LogP contribution >= 0.6 is 15.9 Å². The van der Waals surface area contributed by atoms with E-state index in [0.29, 0.717) is 0 Å². The van der Waals surface area contributed by atoms with E-state index < -0.39 is 0 Å². The maximum absolute atomic E-state index is 4.62. The van der Waals surface area contributed by atoms with E-state index in [-0.39, 0.29) is 4.83 Å². The Balaban J connectivity index is 1.63. The van der Waals surface area contributed by atoms with Gasteiger partial charge in [-0.15, -0.1) is 0 Å². The largest absolute Gasteiger partial charge is 0.342 e. The Morgan fingerprint density at radius 2 is 1.48 bits per heavy atom. The second kappa shape index (κ2) is 5.00. The van der Waals surface area contributed by atoms with Crippen molar-refractivity contribution in [3.63, 3.8) is 0 Å². The number of hydrogen-bond donors (Lipinski definition) is 2. The molecule has 4 aromatic rings. The average molecular weight is 341 g/mol. The van der Waals surface area contributed by atoms with Crippen LogP contribution in [0.4, 0.5) is 0 Å². The van der Waals surface area contributed by atoms with Gasteiger partial charge in [0.05, 0.1) is 26.9 Å². The first-order chi connectivity index (χ1) is 10.3. The summed E-state index contributed by atoms with van der Waals surface area (Å²) in [5.74, 6) is 1.88. The van der Waals surface area contributed by atoms with Gasteiger partial charge in [0.25, 0.3) is 0 Å². The minimum absolute atomic E-state index is 0.102. The van der Waals surface area contributed by atoms with E-state index >= 15 is 0 Å². The van der Waals surface area contributed by atoms with Crippen molar-refractivity contribution in [1.82, 2.24) is 19.9 Å². The number of rotatable bonds is 3. The number of H-pyrrole nitrogens is 2. The van der Waals surface area contributed by atoms with E-state index in [9.17, 15) is 0 Å². The van der Waals surface area contributed by atoms with Gasteiger partial charge < -0.3 is 9.97 Å². The van der Waals surface area contributed by atoms with E-state index in [1.165, 1.54) is 0 Å². The van der Waals surface area contributed by atoms with Crippen LogP contribution in [0.2, 0.25) is 0 Å². The first kappa shape index (κ1) is 12.6. The predicted molar refractivity (Wildman–Crippen MR) is 87.6 cm³/mol. The van der Waals surface area contributed by atoms with Crippen LogP contribution in [0.15, 0.2) is 48.5 Å². The van der Waals surface area contributed by atoms with Crippen LogP contribution in [0, 0.1) is 0 Å². The topological polar surface area (TPSA) is 57.4 Å². The van der Waals surface area contributed by atoms with Gasteiger partial charge in [0, 0.05) is 6.42 Å². The number of nitrogens with zero attached hydrogens (tertiary/aromatic N) is 2. The molecule has 0 aliphatic rings. The summed E-state index contributed by atoms with van der Waals surface area (Å²) in [6, 6.07) is 16.1. The lowest BCUT2D eigenvalue weighted by Crippen LogP contribution is -1.99. The molecule has 104 valence electrons. The molecule has 2 aromatic heterocycles.